The van der Waals surface area contributed by atoms with Gasteiger partial charge in [0.15, 0.2) is 0 Å². The van der Waals surface area contributed by atoms with Gasteiger partial charge < -0.3 is 10.3 Å². The summed E-state index contributed by atoms with van der Waals surface area (Å²) in [5.41, 5.74) is 7.04. The first-order valence-electron chi connectivity index (χ1n) is 5.68. The lowest BCUT2D eigenvalue weighted by Gasteiger charge is -2.19. The molecular weight excluding hydrogens is 277 g/mol. The Morgan fingerprint density at radius 1 is 1.26 bits per heavy atom. The predicted octanol–water partition coefficient (Wildman–Crippen LogP) is 3.51. The third-order valence-corrected chi connectivity index (χ3v) is 3.43. The molecule has 2 nitrogen and oxygen atoms in total. The maximum Gasteiger partial charge on any atom is 0.397 e. The zero-order chi connectivity index (χ0) is 13.5. The maximum absolute atomic E-state index is 13.0. The Bertz CT molecular complexity index is 575. The first kappa shape index (κ1) is 15.9. The van der Waals surface area contributed by atoms with Crippen LogP contribution in [0.5, 0.6) is 0 Å². The van der Waals surface area contributed by atoms with E-state index in [1.54, 1.807) is 30.7 Å². The number of hydrogen-bond donors (Lipinski definition) is 1. The molecule has 0 saturated carbocycles. The van der Waals surface area contributed by atoms with Crippen LogP contribution in [0.25, 0.3) is 10.9 Å². The quantitative estimate of drug-likeness (QED) is 0.902. The number of para-hydroxylation sites is 1. The monoisotopic (exact) mass is 292 g/mol. The minimum absolute atomic E-state index is 0. The van der Waals surface area contributed by atoms with Crippen LogP contribution in [0, 0.1) is 6.92 Å². The zero-order valence-corrected chi connectivity index (χ0v) is 11.5. The molecule has 106 valence electrons. The van der Waals surface area contributed by atoms with Crippen LogP contribution in [-0.2, 0) is 7.05 Å². The van der Waals surface area contributed by atoms with Crippen LogP contribution in [0.2, 0.25) is 0 Å². The fraction of sp³-hybridized carbons (Fsp3) is 0.385. The van der Waals surface area contributed by atoms with Crippen molar-refractivity contribution < 1.29 is 13.2 Å². The predicted molar refractivity (Wildman–Crippen MR) is 72.8 cm³/mol. The topological polar surface area (TPSA) is 30.9 Å². The number of rotatable bonds is 2. The minimum atomic E-state index is -4.32. The van der Waals surface area contributed by atoms with Crippen molar-refractivity contribution in [1.82, 2.24) is 4.57 Å². The van der Waals surface area contributed by atoms with E-state index in [0.29, 0.717) is 16.6 Å². The fourth-order valence-corrected chi connectivity index (χ4v) is 2.41. The van der Waals surface area contributed by atoms with Crippen LogP contribution in [0.15, 0.2) is 24.3 Å². The molecule has 0 aliphatic carbocycles. The van der Waals surface area contributed by atoms with Gasteiger partial charge in [-0.15, -0.1) is 12.4 Å². The lowest BCUT2D eigenvalue weighted by Crippen LogP contribution is -2.28. The van der Waals surface area contributed by atoms with Gasteiger partial charge in [-0.1, -0.05) is 18.2 Å². The Hall–Kier alpha value is -1.20. The highest BCUT2D eigenvalue weighted by molar-refractivity contribution is 5.86. The summed E-state index contributed by atoms with van der Waals surface area (Å²) in [7, 11) is 1.77. The summed E-state index contributed by atoms with van der Waals surface area (Å²) in [6, 6.07) is 7.09. The molecule has 0 aliphatic rings. The SMILES string of the molecule is Cc1c(C(CN)C(F)(F)F)c2ccccc2n1C.Cl. The molecule has 0 radical (unpaired) electrons. The van der Waals surface area contributed by atoms with E-state index >= 15 is 0 Å². The van der Waals surface area contributed by atoms with Gasteiger partial charge in [-0.3, -0.25) is 0 Å². The number of nitrogens with two attached hydrogens (primary N) is 1. The van der Waals surface area contributed by atoms with E-state index in [4.69, 9.17) is 5.73 Å². The summed E-state index contributed by atoms with van der Waals surface area (Å²) in [4.78, 5) is 0. The standard InChI is InChI=1S/C13H15F3N2.ClH/c1-8-12(10(7-17)13(14,15)16)9-5-3-4-6-11(9)18(8)2;/h3-6,10H,7,17H2,1-2H3;1H. The zero-order valence-electron chi connectivity index (χ0n) is 10.7. The van der Waals surface area contributed by atoms with Gasteiger partial charge in [0, 0.05) is 30.2 Å². The summed E-state index contributed by atoms with van der Waals surface area (Å²) in [6.07, 6.45) is -4.32. The molecule has 0 saturated heterocycles. The lowest BCUT2D eigenvalue weighted by molar-refractivity contribution is -0.147. The third-order valence-electron chi connectivity index (χ3n) is 3.43. The molecule has 19 heavy (non-hydrogen) atoms. The van der Waals surface area contributed by atoms with Crippen LogP contribution in [0.3, 0.4) is 0 Å². The van der Waals surface area contributed by atoms with Gasteiger partial charge in [0.1, 0.15) is 0 Å². The molecule has 0 bridgehead atoms. The smallest absolute Gasteiger partial charge is 0.348 e. The van der Waals surface area contributed by atoms with Crippen LogP contribution >= 0.6 is 12.4 Å². The first-order chi connectivity index (χ1) is 8.38. The van der Waals surface area contributed by atoms with Crippen LogP contribution in [-0.4, -0.2) is 17.3 Å². The minimum Gasteiger partial charge on any atom is -0.348 e. The molecule has 6 heteroatoms. The highest BCUT2D eigenvalue weighted by atomic mass is 35.5. The summed E-state index contributed by atoms with van der Waals surface area (Å²) >= 11 is 0. The Morgan fingerprint density at radius 2 is 1.84 bits per heavy atom. The van der Waals surface area contributed by atoms with E-state index < -0.39 is 18.6 Å². The third kappa shape index (κ3) is 2.58. The Balaban J connectivity index is 0.00000180. The average Bonchev–Trinajstić information content (AvgIpc) is 2.54. The van der Waals surface area contributed by atoms with Crippen LogP contribution < -0.4 is 5.73 Å². The fourth-order valence-electron chi connectivity index (χ4n) is 2.41. The second-order valence-corrected chi connectivity index (χ2v) is 4.41. The molecule has 0 spiro atoms. The molecule has 1 atom stereocenters. The van der Waals surface area contributed by atoms with Crippen LogP contribution in [0.4, 0.5) is 13.2 Å². The molecule has 0 amide bonds. The molecule has 2 rings (SSSR count). The number of fused-ring (bicyclic) bond motifs is 1. The molecule has 2 aromatic rings. The molecule has 1 aromatic heterocycles. The van der Waals surface area contributed by atoms with Gasteiger partial charge in [0.25, 0.3) is 0 Å². The van der Waals surface area contributed by atoms with E-state index in [1.165, 1.54) is 0 Å². The van der Waals surface area contributed by atoms with Gasteiger partial charge in [-0.05, 0) is 18.6 Å². The van der Waals surface area contributed by atoms with Crippen molar-refractivity contribution in [3.63, 3.8) is 0 Å². The number of halogens is 4. The van der Waals surface area contributed by atoms with Crippen molar-refractivity contribution in [2.75, 3.05) is 6.54 Å². The summed E-state index contributed by atoms with van der Waals surface area (Å²) in [5.74, 6) is -1.61. The number of aryl methyl sites for hydroxylation is 1. The Morgan fingerprint density at radius 3 is 2.37 bits per heavy atom. The number of hydrogen-bond acceptors (Lipinski definition) is 1. The van der Waals surface area contributed by atoms with Crippen molar-refractivity contribution >= 4 is 23.3 Å². The van der Waals surface area contributed by atoms with E-state index in [9.17, 15) is 13.2 Å². The lowest BCUT2D eigenvalue weighted by atomic mass is 9.95. The first-order valence-corrected chi connectivity index (χ1v) is 5.68. The van der Waals surface area contributed by atoms with Gasteiger partial charge in [-0.25, -0.2) is 0 Å². The molecule has 0 fully saturated rings. The van der Waals surface area contributed by atoms with Gasteiger partial charge in [0.2, 0.25) is 0 Å². The van der Waals surface area contributed by atoms with Crippen molar-refractivity contribution in [1.29, 1.82) is 0 Å². The highest BCUT2D eigenvalue weighted by Gasteiger charge is 2.42. The molecular formula is C13H16ClF3N2. The van der Waals surface area contributed by atoms with E-state index in [-0.39, 0.29) is 12.4 Å². The number of alkyl halides is 3. The largest absolute Gasteiger partial charge is 0.397 e. The highest BCUT2D eigenvalue weighted by Crippen LogP contribution is 2.40. The molecule has 2 N–H and O–H groups in total. The number of aromatic nitrogens is 1. The average molecular weight is 293 g/mol. The van der Waals surface area contributed by atoms with Crippen molar-refractivity contribution in [2.24, 2.45) is 12.8 Å². The summed E-state index contributed by atoms with van der Waals surface area (Å²) < 4.78 is 40.9. The van der Waals surface area contributed by atoms with E-state index in [0.717, 1.165) is 5.52 Å². The van der Waals surface area contributed by atoms with Gasteiger partial charge in [-0.2, -0.15) is 13.2 Å². The Kier molecular flexibility index (Phi) is 4.53. The molecule has 1 aromatic carbocycles. The van der Waals surface area contributed by atoms with E-state index in [1.807, 2.05) is 12.1 Å². The summed E-state index contributed by atoms with van der Waals surface area (Å²) in [5, 5.41) is 0.630. The van der Waals surface area contributed by atoms with Crippen LogP contribution in [0.1, 0.15) is 17.2 Å². The Labute approximate surface area is 115 Å². The molecule has 1 heterocycles. The second-order valence-electron chi connectivity index (χ2n) is 4.41. The van der Waals surface area contributed by atoms with Gasteiger partial charge >= 0.3 is 6.18 Å². The van der Waals surface area contributed by atoms with Crippen molar-refractivity contribution in [3.8, 4) is 0 Å². The second kappa shape index (κ2) is 5.43. The van der Waals surface area contributed by atoms with Crippen molar-refractivity contribution in [2.45, 2.75) is 19.0 Å². The number of nitrogens with zero attached hydrogens (tertiary/aromatic N) is 1. The molecule has 1 unspecified atom stereocenters. The number of benzene rings is 1. The van der Waals surface area contributed by atoms with Gasteiger partial charge in [0.05, 0.1) is 5.92 Å². The normalized spacial score (nSPS) is 13.4. The van der Waals surface area contributed by atoms with Crippen molar-refractivity contribution in [3.05, 3.63) is 35.5 Å². The maximum atomic E-state index is 13.0. The summed E-state index contributed by atoms with van der Waals surface area (Å²) in [6.45, 7) is 1.27. The molecule has 0 aliphatic heterocycles. The van der Waals surface area contributed by atoms with E-state index in [2.05, 4.69) is 0 Å².